The molecule has 2 rings (SSSR count). The van der Waals surface area contributed by atoms with Crippen LogP contribution in [0.1, 0.15) is 27.6 Å². The van der Waals surface area contributed by atoms with Crippen molar-refractivity contribution >= 4 is 17.6 Å². The van der Waals surface area contributed by atoms with E-state index in [2.05, 4.69) is 5.32 Å². The van der Waals surface area contributed by atoms with Gasteiger partial charge in [0.15, 0.2) is 0 Å². The van der Waals surface area contributed by atoms with Gasteiger partial charge in [-0.1, -0.05) is 24.3 Å². The van der Waals surface area contributed by atoms with Crippen LogP contribution in [0.4, 0.5) is 5.69 Å². The van der Waals surface area contributed by atoms with Crippen LogP contribution in [0.15, 0.2) is 54.6 Å². The number of hydrogen-bond acceptors (Lipinski definition) is 4. The second-order valence-corrected chi connectivity index (χ2v) is 4.73. The lowest BCUT2D eigenvalue weighted by molar-refractivity contribution is 0.0335. The normalized spacial score (nSPS) is 10.1. The summed E-state index contributed by atoms with van der Waals surface area (Å²) in [6, 6.07) is 15.5. The van der Waals surface area contributed by atoms with Gasteiger partial charge in [0, 0.05) is 17.9 Å². The highest BCUT2D eigenvalue weighted by Gasteiger charge is 2.10. The lowest BCUT2D eigenvalue weighted by atomic mass is 10.2. The molecule has 0 heterocycles. The predicted molar refractivity (Wildman–Crippen MR) is 87.6 cm³/mol. The summed E-state index contributed by atoms with van der Waals surface area (Å²) in [4.78, 5) is 24.0. The van der Waals surface area contributed by atoms with E-state index in [0.717, 1.165) is 0 Å². The molecule has 2 aromatic rings. The van der Waals surface area contributed by atoms with E-state index >= 15 is 0 Å². The molecule has 23 heavy (non-hydrogen) atoms. The summed E-state index contributed by atoms with van der Waals surface area (Å²) in [6.45, 7) is 3.03. The molecule has 0 aliphatic heterocycles. The van der Waals surface area contributed by atoms with Crippen molar-refractivity contribution in [3.8, 4) is 0 Å². The quantitative estimate of drug-likeness (QED) is 0.630. The third-order valence-electron chi connectivity index (χ3n) is 3.06. The monoisotopic (exact) mass is 313 g/mol. The van der Waals surface area contributed by atoms with Crippen LogP contribution in [0, 0.1) is 0 Å². The molecule has 0 atom stereocenters. The first-order chi connectivity index (χ1) is 11.2. The third-order valence-corrected chi connectivity index (χ3v) is 3.06. The molecule has 0 aliphatic carbocycles. The molecular formula is C18H19NO4. The summed E-state index contributed by atoms with van der Waals surface area (Å²) in [5.74, 6) is -0.673. The van der Waals surface area contributed by atoms with Gasteiger partial charge >= 0.3 is 5.97 Å². The summed E-state index contributed by atoms with van der Waals surface area (Å²) >= 11 is 0. The fourth-order valence-corrected chi connectivity index (χ4v) is 1.94. The molecule has 0 aromatic heterocycles. The van der Waals surface area contributed by atoms with Crippen LogP contribution in [-0.2, 0) is 9.47 Å². The van der Waals surface area contributed by atoms with Gasteiger partial charge in [0.25, 0.3) is 5.91 Å². The van der Waals surface area contributed by atoms with E-state index in [1.807, 2.05) is 13.0 Å². The van der Waals surface area contributed by atoms with Crippen molar-refractivity contribution in [2.24, 2.45) is 0 Å². The van der Waals surface area contributed by atoms with Gasteiger partial charge in [0.05, 0.1) is 12.2 Å². The Bertz CT molecular complexity index is 655. The Morgan fingerprint density at radius 3 is 2.43 bits per heavy atom. The molecule has 1 amide bonds. The molecule has 1 N–H and O–H groups in total. The van der Waals surface area contributed by atoms with Gasteiger partial charge in [-0.05, 0) is 37.3 Å². The first-order valence-electron chi connectivity index (χ1n) is 7.42. The van der Waals surface area contributed by atoms with Crippen molar-refractivity contribution < 1.29 is 19.1 Å². The van der Waals surface area contributed by atoms with Crippen LogP contribution >= 0.6 is 0 Å². The van der Waals surface area contributed by atoms with E-state index < -0.39 is 5.97 Å². The van der Waals surface area contributed by atoms with Crippen LogP contribution in [0.5, 0.6) is 0 Å². The summed E-state index contributed by atoms with van der Waals surface area (Å²) in [6.07, 6.45) is 0. The Morgan fingerprint density at radius 1 is 0.957 bits per heavy atom. The van der Waals surface area contributed by atoms with Gasteiger partial charge in [-0.3, -0.25) is 4.79 Å². The van der Waals surface area contributed by atoms with E-state index in [-0.39, 0.29) is 12.5 Å². The Kier molecular flexibility index (Phi) is 6.32. The minimum absolute atomic E-state index is 0.202. The van der Waals surface area contributed by atoms with Gasteiger partial charge in [0.2, 0.25) is 0 Å². The predicted octanol–water partition coefficient (Wildman–Crippen LogP) is 3.13. The number of benzene rings is 2. The van der Waals surface area contributed by atoms with E-state index in [1.165, 1.54) is 0 Å². The van der Waals surface area contributed by atoms with Gasteiger partial charge in [-0.2, -0.15) is 0 Å². The average Bonchev–Trinajstić information content (AvgIpc) is 2.59. The zero-order valence-electron chi connectivity index (χ0n) is 13.0. The highest BCUT2D eigenvalue weighted by atomic mass is 16.6. The van der Waals surface area contributed by atoms with Crippen molar-refractivity contribution in [2.75, 3.05) is 25.1 Å². The summed E-state index contributed by atoms with van der Waals surface area (Å²) in [7, 11) is 0. The van der Waals surface area contributed by atoms with Crippen LogP contribution in [0.3, 0.4) is 0 Å². The number of ether oxygens (including phenoxy) is 2. The Hall–Kier alpha value is -2.66. The first-order valence-corrected chi connectivity index (χ1v) is 7.42. The Morgan fingerprint density at radius 2 is 1.70 bits per heavy atom. The average molecular weight is 313 g/mol. The minimum Gasteiger partial charge on any atom is -0.460 e. The molecule has 0 fully saturated rings. The van der Waals surface area contributed by atoms with E-state index in [4.69, 9.17) is 9.47 Å². The summed E-state index contributed by atoms with van der Waals surface area (Å²) < 4.78 is 10.2. The highest BCUT2D eigenvalue weighted by Crippen LogP contribution is 2.13. The summed E-state index contributed by atoms with van der Waals surface area (Å²) in [5, 5.41) is 2.76. The Balaban J connectivity index is 1.96. The number of esters is 1. The SMILES string of the molecule is CCOCCOC(=O)c1cccc(NC(=O)c2ccccc2)c1. The number of carbonyl (C=O) groups excluding carboxylic acids is 2. The first kappa shape index (κ1) is 16.7. The minimum atomic E-state index is -0.444. The van der Waals surface area contributed by atoms with E-state index in [9.17, 15) is 9.59 Å². The zero-order chi connectivity index (χ0) is 16.5. The van der Waals surface area contributed by atoms with Crippen molar-refractivity contribution in [1.82, 2.24) is 0 Å². The van der Waals surface area contributed by atoms with Crippen LogP contribution in [0.25, 0.3) is 0 Å². The maximum absolute atomic E-state index is 12.1. The van der Waals surface area contributed by atoms with Crippen molar-refractivity contribution in [3.63, 3.8) is 0 Å². The maximum atomic E-state index is 12.1. The number of anilines is 1. The summed E-state index contributed by atoms with van der Waals surface area (Å²) in [5.41, 5.74) is 1.47. The lowest BCUT2D eigenvalue weighted by Crippen LogP contribution is -2.13. The van der Waals surface area contributed by atoms with Gasteiger partial charge in [0.1, 0.15) is 6.61 Å². The van der Waals surface area contributed by atoms with E-state index in [1.54, 1.807) is 48.5 Å². The zero-order valence-corrected chi connectivity index (χ0v) is 13.0. The molecule has 120 valence electrons. The molecule has 0 saturated carbocycles. The molecule has 2 aromatic carbocycles. The molecule has 0 spiro atoms. The molecule has 0 unspecified atom stereocenters. The molecule has 0 radical (unpaired) electrons. The number of carbonyl (C=O) groups is 2. The van der Waals surface area contributed by atoms with Crippen molar-refractivity contribution in [2.45, 2.75) is 6.92 Å². The number of rotatable bonds is 7. The Labute approximate surface area is 135 Å². The highest BCUT2D eigenvalue weighted by molar-refractivity contribution is 6.04. The number of amides is 1. The van der Waals surface area contributed by atoms with Gasteiger partial charge in [-0.25, -0.2) is 4.79 Å². The fraction of sp³-hybridized carbons (Fsp3) is 0.222. The molecule has 5 nitrogen and oxygen atoms in total. The van der Waals surface area contributed by atoms with Gasteiger partial charge < -0.3 is 14.8 Å². The standard InChI is InChI=1S/C18H19NO4/c1-2-22-11-12-23-18(21)15-9-6-10-16(13-15)19-17(20)14-7-4-3-5-8-14/h3-10,13H,2,11-12H2,1H3,(H,19,20). The molecular weight excluding hydrogens is 294 g/mol. The maximum Gasteiger partial charge on any atom is 0.338 e. The third kappa shape index (κ3) is 5.23. The van der Waals surface area contributed by atoms with Crippen LogP contribution in [0.2, 0.25) is 0 Å². The molecule has 0 saturated heterocycles. The molecule has 0 bridgehead atoms. The molecule has 0 aliphatic rings. The van der Waals surface area contributed by atoms with Crippen LogP contribution in [-0.4, -0.2) is 31.7 Å². The number of nitrogens with one attached hydrogen (secondary N) is 1. The number of hydrogen-bond donors (Lipinski definition) is 1. The largest absolute Gasteiger partial charge is 0.460 e. The van der Waals surface area contributed by atoms with Crippen molar-refractivity contribution in [1.29, 1.82) is 0 Å². The second kappa shape index (κ2) is 8.70. The van der Waals surface area contributed by atoms with Crippen molar-refractivity contribution in [3.05, 3.63) is 65.7 Å². The fourth-order valence-electron chi connectivity index (χ4n) is 1.94. The topological polar surface area (TPSA) is 64.6 Å². The lowest BCUT2D eigenvalue weighted by Gasteiger charge is -2.08. The second-order valence-electron chi connectivity index (χ2n) is 4.73. The van der Waals surface area contributed by atoms with Crippen LogP contribution < -0.4 is 5.32 Å². The smallest absolute Gasteiger partial charge is 0.338 e. The van der Waals surface area contributed by atoms with E-state index in [0.29, 0.717) is 30.0 Å². The molecule has 5 heteroatoms. The van der Waals surface area contributed by atoms with Gasteiger partial charge in [-0.15, -0.1) is 0 Å².